The molecule has 3 aliphatic rings. The second kappa shape index (κ2) is 9.82. The van der Waals surface area contributed by atoms with Gasteiger partial charge in [-0.1, -0.05) is 22.1 Å². The molecule has 0 N–H and O–H groups in total. The zero-order valence-corrected chi connectivity index (χ0v) is 20.4. The number of aromatic nitrogens is 2. The number of hydrogen-bond donors (Lipinski definition) is 0. The van der Waals surface area contributed by atoms with Gasteiger partial charge in [0, 0.05) is 37.7 Å². The number of halogens is 1. The molecule has 0 amide bonds. The number of nitrogens with zero attached hydrogens (tertiary/aromatic N) is 5. The lowest BCUT2D eigenvalue weighted by molar-refractivity contribution is -0.0342. The van der Waals surface area contributed by atoms with Crippen LogP contribution >= 0.6 is 11.6 Å². The van der Waals surface area contributed by atoms with Crippen molar-refractivity contribution in [2.45, 2.75) is 38.2 Å². The highest BCUT2D eigenvalue weighted by Crippen LogP contribution is 2.31. The third-order valence-corrected chi connectivity index (χ3v) is 8.49. The van der Waals surface area contributed by atoms with Crippen LogP contribution in [0.3, 0.4) is 0 Å². The summed E-state index contributed by atoms with van der Waals surface area (Å²) in [6.07, 6.45) is 6.25. The van der Waals surface area contributed by atoms with Gasteiger partial charge < -0.3 is 9.64 Å². The third-order valence-electron chi connectivity index (χ3n) is 6.44. The monoisotopic (exact) mass is 509 g/mol. The van der Waals surface area contributed by atoms with Crippen LogP contribution in [-0.4, -0.2) is 72.4 Å². The fourth-order valence-corrected chi connectivity index (χ4v) is 6.26. The fraction of sp³-hybridized carbons (Fsp3) is 0.545. The Balaban J connectivity index is 1.42. The molecule has 2 aromatic rings. The summed E-state index contributed by atoms with van der Waals surface area (Å²) in [7, 11) is -3.66. The first-order chi connectivity index (χ1) is 16.4. The predicted molar refractivity (Wildman–Crippen MR) is 128 cm³/mol. The molecule has 34 heavy (non-hydrogen) atoms. The molecule has 10 nitrogen and oxygen atoms in total. The van der Waals surface area contributed by atoms with E-state index >= 15 is 0 Å². The standard InChI is InChI=1S/C22H28ClN5O5S/c23-17-5-3-6-18(15-17)28-22(29)21(33-19-7-1-2-8-19)20(16-24-28)25-10-12-26(13-11-25)34(30,31)27-9-4-14-32-27/h3,5-6,15-16,19H,1-2,4,7-14H2. The molecule has 184 valence electrons. The van der Waals surface area contributed by atoms with Crippen LogP contribution in [0.1, 0.15) is 32.1 Å². The minimum Gasteiger partial charge on any atom is -0.483 e. The number of benzene rings is 1. The lowest BCUT2D eigenvalue weighted by atomic mass is 10.2. The lowest BCUT2D eigenvalue weighted by Crippen LogP contribution is -2.52. The third kappa shape index (κ3) is 4.67. The zero-order valence-electron chi connectivity index (χ0n) is 18.8. The Bertz CT molecular complexity index is 1190. The van der Waals surface area contributed by atoms with E-state index in [9.17, 15) is 13.2 Å². The molecule has 3 fully saturated rings. The molecular weight excluding hydrogens is 482 g/mol. The van der Waals surface area contributed by atoms with Crippen LogP contribution in [0.15, 0.2) is 35.3 Å². The summed E-state index contributed by atoms with van der Waals surface area (Å²) >= 11 is 6.13. The average Bonchev–Trinajstić information content (AvgIpc) is 3.55. The number of hydrogen-bond acceptors (Lipinski definition) is 7. The molecule has 0 atom stereocenters. The van der Waals surface area contributed by atoms with E-state index in [-0.39, 0.29) is 30.5 Å². The molecular formula is C22H28ClN5O5S. The van der Waals surface area contributed by atoms with E-state index in [1.807, 2.05) is 4.90 Å². The van der Waals surface area contributed by atoms with Gasteiger partial charge in [-0.05, 0) is 50.3 Å². The van der Waals surface area contributed by atoms with E-state index < -0.39 is 10.2 Å². The zero-order chi connectivity index (χ0) is 23.7. The van der Waals surface area contributed by atoms with Gasteiger partial charge in [0.15, 0.2) is 0 Å². The van der Waals surface area contributed by atoms with Crippen molar-refractivity contribution in [2.24, 2.45) is 0 Å². The fourth-order valence-electron chi connectivity index (χ4n) is 4.62. The summed E-state index contributed by atoms with van der Waals surface area (Å²) in [5.41, 5.74) is 0.790. The number of rotatable bonds is 6. The maximum atomic E-state index is 13.5. The number of ether oxygens (including phenoxy) is 1. The van der Waals surface area contributed by atoms with Crippen molar-refractivity contribution in [3.8, 4) is 11.4 Å². The van der Waals surface area contributed by atoms with E-state index in [0.29, 0.717) is 49.1 Å². The van der Waals surface area contributed by atoms with Crippen molar-refractivity contribution in [2.75, 3.05) is 44.2 Å². The Morgan fingerprint density at radius 1 is 1.06 bits per heavy atom. The lowest BCUT2D eigenvalue weighted by Gasteiger charge is -2.36. The van der Waals surface area contributed by atoms with Gasteiger partial charge in [-0.25, -0.2) is 0 Å². The summed E-state index contributed by atoms with van der Waals surface area (Å²) in [6, 6.07) is 6.95. The summed E-state index contributed by atoms with van der Waals surface area (Å²) in [6.45, 7) is 2.17. The molecule has 3 heterocycles. The second-order valence-corrected chi connectivity index (χ2v) is 10.9. The van der Waals surface area contributed by atoms with Crippen molar-refractivity contribution in [1.29, 1.82) is 0 Å². The highest BCUT2D eigenvalue weighted by atomic mass is 35.5. The Labute approximate surface area is 203 Å². The van der Waals surface area contributed by atoms with Gasteiger partial charge in [-0.15, -0.1) is 0 Å². The molecule has 1 aliphatic carbocycles. The minimum absolute atomic E-state index is 0.0179. The van der Waals surface area contributed by atoms with Crippen molar-refractivity contribution in [3.63, 3.8) is 0 Å². The molecule has 0 radical (unpaired) electrons. The number of anilines is 1. The predicted octanol–water partition coefficient (Wildman–Crippen LogP) is 2.21. The maximum Gasteiger partial charge on any atom is 0.316 e. The van der Waals surface area contributed by atoms with Crippen LogP contribution in [0.4, 0.5) is 5.69 Å². The van der Waals surface area contributed by atoms with Gasteiger partial charge in [0.2, 0.25) is 5.75 Å². The molecule has 1 aromatic heterocycles. The van der Waals surface area contributed by atoms with Crippen LogP contribution < -0.4 is 15.2 Å². The van der Waals surface area contributed by atoms with Crippen LogP contribution in [0.5, 0.6) is 5.75 Å². The van der Waals surface area contributed by atoms with Gasteiger partial charge in [0.25, 0.3) is 0 Å². The van der Waals surface area contributed by atoms with Gasteiger partial charge in [0.1, 0.15) is 5.69 Å². The number of hydroxylamine groups is 1. The van der Waals surface area contributed by atoms with E-state index in [1.54, 1.807) is 30.5 Å². The Kier molecular flexibility index (Phi) is 6.81. The van der Waals surface area contributed by atoms with E-state index in [1.165, 1.54) is 8.99 Å². The summed E-state index contributed by atoms with van der Waals surface area (Å²) in [4.78, 5) is 20.7. The maximum absolute atomic E-state index is 13.5. The molecule has 1 aromatic carbocycles. The Morgan fingerprint density at radius 3 is 2.50 bits per heavy atom. The van der Waals surface area contributed by atoms with Crippen molar-refractivity contribution < 1.29 is 18.0 Å². The second-order valence-electron chi connectivity index (χ2n) is 8.69. The van der Waals surface area contributed by atoms with Gasteiger partial charge >= 0.3 is 15.8 Å². The highest BCUT2D eigenvalue weighted by molar-refractivity contribution is 7.86. The molecule has 5 rings (SSSR count). The van der Waals surface area contributed by atoms with Gasteiger partial charge in [-0.2, -0.15) is 22.5 Å². The SMILES string of the molecule is O=c1c(OC2CCCC2)c(N2CCN(S(=O)(=O)N3CCCO3)CC2)cnn1-c1cccc(Cl)c1. The highest BCUT2D eigenvalue weighted by Gasteiger charge is 2.36. The molecule has 0 unspecified atom stereocenters. The Hall–Kier alpha value is -2.18. The topological polar surface area (TPSA) is 97.2 Å². The first kappa shape index (κ1) is 23.6. The first-order valence-electron chi connectivity index (χ1n) is 11.6. The van der Waals surface area contributed by atoms with Gasteiger partial charge in [-0.3, -0.25) is 9.63 Å². The van der Waals surface area contributed by atoms with Crippen molar-refractivity contribution >= 4 is 27.5 Å². The van der Waals surface area contributed by atoms with Gasteiger partial charge in [0.05, 0.1) is 24.6 Å². The van der Waals surface area contributed by atoms with E-state index in [0.717, 1.165) is 30.2 Å². The molecule has 0 spiro atoms. The number of piperazine rings is 1. The molecule has 2 saturated heterocycles. The van der Waals surface area contributed by atoms with Crippen molar-refractivity contribution in [1.82, 2.24) is 18.6 Å². The first-order valence-corrected chi connectivity index (χ1v) is 13.4. The largest absolute Gasteiger partial charge is 0.483 e. The average molecular weight is 510 g/mol. The van der Waals surface area contributed by atoms with E-state index in [4.69, 9.17) is 21.2 Å². The van der Waals surface area contributed by atoms with Crippen molar-refractivity contribution in [3.05, 3.63) is 45.8 Å². The van der Waals surface area contributed by atoms with Crippen LogP contribution in [0, 0.1) is 0 Å². The molecule has 0 bridgehead atoms. The smallest absolute Gasteiger partial charge is 0.316 e. The summed E-state index contributed by atoms with van der Waals surface area (Å²) in [5, 5.41) is 4.90. The molecule has 2 aliphatic heterocycles. The summed E-state index contributed by atoms with van der Waals surface area (Å²) < 4.78 is 35.7. The summed E-state index contributed by atoms with van der Waals surface area (Å²) in [5.74, 6) is 0.251. The molecule has 12 heteroatoms. The van der Waals surface area contributed by atoms with E-state index in [2.05, 4.69) is 5.10 Å². The quantitative estimate of drug-likeness (QED) is 0.589. The van der Waals surface area contributed by atoms with Crippen LogP contribution in [0.25, 0.3) is 5.69 Å². The minimum atomic E-state index is -3.66. The van der Waals surface area contributed by atoms with Crippen LogP contribution in [0.2, 0.25) is 5.02 Å². The Morgan fingerprint density at radius 2 is 1.82 bits per heavy atom. The normalized spacial score (nSPS) is 20.8. The van der Waals surface area contributed by atoms with Crippen LogP contribution in [-0.2, 0) is 15.0 Å². The molecule has 1 saturated carbocycles.